The van der Waals surface area contributed by atoms with Crippen molar-refractivity contribution in [2.24, 2.45) is 7.05 Å². The maximum atomic E-state index is 12.6. The molecular weight excluding hydrogens is 292 g/mol. The molecule has 2 heterocycles. The Bertz CT molecular complexity index is 695. The van der Waals surface area contributed by atoms with Crippen LogP contribution in [0.15, 0.2) is 30.5 Å². The van der Waals surface area contributed by atoms with Gasteiger partial charge in [0.25, 0.3) is 0 Å². The Balaban J connectivity index is 1.68. The van der Waals surface area contributed by atoms with E-state index in [1.54, 1.807) is 0 Å². The van der Waals surface area contributed by atoms with Gasteiger partial charge in [0.15, 0.2) is 0 Å². The van der Waals surface area contributed by atoms with Crippen molar-refractivity contribution in [1.29, 1.82) is 0 Å². The fraction of sp³-hybridized carbons (Fsp3) is 0.500. The molecule has 1 fully saturated rings. The van der Waals surface area contributed by atoms with Crippen LogP contribution in [0.25, 0.3) is 10.9 Å². The van der Waals surface area contributed by atoms with Crippen molar-refractivity contribution in [2.45, 2.75) is 31.9 Å². The van der Waals surface area contributed by atoms with Crippen molar-refractivity contribution in [3.8, 4) is 0 Å². The molecule has 0 spiro atoms. The van der Waals surface area contributed by atoms with E-state index in [2.05, 4.69) is 22.9 Å². The molecule has 1 N–H and O–H groups in total. The van der Waals surface area contributed by atoms with Gasteiger partial charge in [0.2, 0.25) is 5.91 Å². The Morgan fingerprint density at radius 1 is 1.39 bits per heavy atom. The predicted molar refractivity (Wildman–Crippen MR) is 89.2 cm³/mol. The highest BCUT2D eigenvalue weighted by molar-refractivity contribution is 5.85. The molecule has 2 aromatic rings. The molecule has 0 unspecified atom stereocenters. The summed E-state index contributed by atoms with van der Waals surface area (Å²) < 4.78 is 7.60. The molecule has 1 aliphatic heterocycles. The molecule has 0 bridgehead atoms. The Kier molecular flexibility index (Phi) is 4.68. The fourth-order valence-electron chi connectivity index (χ4n) is 3.29. The van der Waals surface area contributed by atoms with E-state index in [4.69, 9.17) is 4.74 Å². The van der Waals surface area contributed by atoms with E-state index in [0.717, 1.165) is 6.42 Å². The van der Waals surface area contributed by atoms with Crippen LogP contribution in [0.2, 0.25) is 0 Å². The van der Waals surface area contributed by atoms with Gasteiger partial charge in [-0.2, -0.15) is 0 Å². The lowest BCUT2D eigenvalue weighted by Crippen LogP contribution is -2.52. The molecule has 0 saturated carbocycles. The first-order valence-electron chi connectivity index (χ1n) is 8.15. The summed E-state index contributed by atoms with van der Waals surface area (Å²) in [6.07, 6.45) is 3.06. The van der Waals surface area contributed by atoms with Crippen molar-refractivity contribution < 1.29 is 14.6 Å². The van der Waals surface area contributed by atoms with Crippen LogP contribution >= 0.6 is 0 Å². The van der Waals surface area contributed by atoms with Crippen LogP contribution in [0.4, 0.5) is 0 Å². The number of fused-ring (bicyclic) bond motifs is 1. The summed E-state index contributed by atoms with van der Waals surface area (Å²) in [5.74, 6) is 0.132. The number of ether oxygens (including phenoxy) is 1. The molecule has 3 rings (SSSR count). The number of nitrogens with zero attached hydrogens (tertiary/aromatic N) is 2. The van der Waals surface area contributed by atoms with Gasteiger partial charge in [-0.25, -0.2) is 0 Å². The first-order chi connectivity index (χ1) is 11.1. The molecule has 1 aromatic heterocycles. The number of aliphatic hydroxyl groups is 1. The van der Waals surface area contributed by atoms with Crippen LogP contribution in [0.5, 0.6) is 0 Å². The van der Waals surface area contributed by atoms with E-state index in [-0.39, 0.29) is 24.7 Å². The van der Waals surface area contributed by atoms with E-state index in [1.165, 1.54) is 16.5 Å². The van der Waals surface area contributed by atoms with E-state index in [1.807, 2.05) is 31.0 Å². The topological polar surface area (TPSA) is 54.7 Å². The lowest BCUT2D eigenvalue weighted by atomic mass is 10.1. The number of aliphatic hydroxyl groups excluding tert-OH is 1. The minimum atomic E-state index is -0.257. The van der Waals surface area contributed by atoms with Crippen molar-refractivity contribution in [1.82, 2.24) is 9.47 Å². The first kappa shape index (κ1) is 16.0. The zero-order valence-corrected chi connectivity index (χ0v) is 13.7. The summed E-state index contributed by atoms with van der Waals surface area (Å²) in [6, 6.07) is 8.33. The van der Waals surface area contributed by atoms with E-state index in [0.29, 0.717) is 19.6 Å². The zero-order chi connectivity index (χ0) is 16.4. The number of morpholine rings is 1. The first-order valence-corrected chi connectivity index (χ1v) is 8.15. The Morgan fingerprint density at radius 2 is 2.17 bits per heavy atom. The summed E-state index contributed by atoms with van der Waals surface area (Å²) in [5.41, 5.74) is 2.39. The number of carbonyl (C=O) groups excluding carboxylic acids is 1. The molecular formula is C18H24N2O3. The van der Waals surface area contributed by atoms with Gasteiger partial charge in [-0.15, -0.1) is 0 Å². The number of benzene rings is 1. The molecule has 124 valence electrons. The average Bonchev–Trinajstić information content (AvgIpc) is 2.90. The molecule has 1 saturated heterocycles. The van der Waals surface area contributed by atoms with Gasteiger partial charge in [-0.1, -0.05) is 18.2 Å². The van der Waals surface area contributed by atoms with Crippen molar-refractivity contribution in [2.75, 3.05) is 19.8 Å². The van der Waals surface area contributed by atoms with Crippen molar-refractivity contribution in [3.63, 3.8) is 0 Å². The third-order valence-corrected chi connectivity index (χ3v) is 4.62. The molecule has 2 atom stereocenters. The largest absolute Gasteiger partial charge is 0.394 e. The number of aryl methyl sites for hydroxylation is 2. The van der Waals surface area contributed by atoms with Gasteiger partial charge >= 0.3 is 0 Å². The number of rotatable bonds is 4. The molecule has 23 heavy (non-hydrogen) atoms. The van der Waals surface area contributed by atoms with Gasteiger partial charge in [0, 0.05) is 37.1 Å². The Labute approximate surface area is 136 Å². The standard InChI is InChI=1S/C18H24N2O3/c1-13-12-23-15(11-21)10-20(13)18(22)8-7-14-9-19(2)17-6-4-3-5-16(14)17/h3-6,9,13,15,21H,7-8,10-12H2,1-2H3/t13-,15+/m1/s1. The maximum Gasteiger partial charge on any atom is 0.223 e. The SMILES string of the molecule is C[C@@H]1CO[C@H](CO)CN1C(=O)CCc1cn(C)c2ccccc12. The lowest BCUT2D eigenvalue weighted by Gasteiger charge is -2.37. The number of carbonyl (C=O) groups is 1. The summed E-state index contributed by atoms with van der Waals surface area (Å²) in [5, 5.41) is 10.5. The third-order valence-electron chi connectivity index (χ3n) is 4.62. The highest BCUT2D eigenvalue weighted by Crippen LogP contribution is 2.22. The minimum Gasteiger partial charge on any atom is -0.394 e. The Morgan fingerprint density at radius 3 is 2.96 bits per heavy atom. The molecule has 0 radical (unpaired) electrons. The fourth-order valence-corrected chi connectivity index (χ4v) is 3.29. The van der Waals surface area contributed by atoms with Crippen LogP contribution < -0.4 is 0 Å². The molecule has 5 nitrogen and oxygen atoms in total. The summed E-state index contributed by atoms with van der Waals surface area (Å²) in [4.78, 5) is 14.4. The molecule has 5 heteroatoms. The van der Waals surface area contributed by atoms with Crippen LogP contribution in [0.3, 0.4) is 0 Å². The van der Waals surface area contributed by atoms with Crippen LogP contribution in [-0.2, 0) is 23.0 Å². The highest BCUT2D eigenvalue weighted by atomic mass is 16.5. The quantitative estimate of drug-likeness (QED) is 0.934. The average molecular weight is 316 g/mol. The maximum absolute atomic E-state index is 12.6. The molecule has 1 amide bonds. The van der Waals surface area contributed by atoms with Gasteiger partial charge in [-0.05, 0) is 25.0 Å². The lowest BCUT2D eigenvalue weighted by molar-refractivity contribution is -0.146. The molecule has 1 aromatic carbocycles. The molecule has 0 aliphatic carbocycles. The monoisotopic (exact) mass is 316 g/mol. The zero-order valence-electron chi connectivity index (χ0n) is 13.7. The Hall–Kier alpha value is -1.85. The van der Waals surface area contributed by atoms with Gasteiger partial charge in [0.05, 0.1) is 25.4 Å². The summed E-state index contributed by atoms with van der Waals surface area (Å²) in [6.45, 7) is 2.92. The second-order valence-electron chi connectivity index (χ2n) is 6.32. The number of para-hydroxylation sites is 1. The second-order valence-corrected chi connectivity index (χ2v) is 6.32. The number of hydrogen-bond acceptors (Lipinski definition) is 3. The highest BCUT2D eigenvalue weighted by Gasteiger charge is 2.28. The minimum absolute atomic E-state index is 0.0418. The number of hydrogen-bond donors (Lipinski definition) is 1. The van der Waals surface area contributed by atoms with Gasteiger partial charge < -0.3 is 19.3 Å². The number of amides is 1. The van der Waals surface area contributed by atoms with Crippen LogP contribution in [0.1, 0.15) is 18.9 Å². The van der Waals surface area contributed by atoms with E-state index < -0.39 is 0 Å². The van der Waals surface area contributed by atoms with Gasteiger partial charge in [-0.3, -0.25) is 4.79 Å². The van der Waals surface area contributed by atoms with E-state index >= 15 is 0 Å². The number of aromatic nitrogens is 1. The van der Waals surface area contributed by atoms with Crippen molar-refractivity contribution in [3.05, 3.63) is 36.0 Å². The second kappa shape index (κ2) is 6.72. The van der Waals surface area contributed by atoms with Crippen molar-refractivity contribution >= 4 is 16.8 Å². The predicted octanol–water partition coefficient (Wildman–Crippen LogP) is 1.72. The van der Waals surface area contributed by atoms with Gasteiger partial charge in [0.1, 0.15) is 0 Å². The molecule has 1 aliphatic rings. The summed E-state index contributed by atoms with van der Waals surface area (Å²) in [7, 11) is 2.03. The summed E-state index contributed by atoms with van der Waals surface area (Å²) >= 11 is 0. The van der Waals surface area contributed by atoms with Crippen LogP contribution in [-0.4, -0.2) is 52.4 Å². The van der Waals surface area contributed by atoms with E-state index in [9.17, 15) is 9.90 Å². The van der Waals surface area contributed by atoms with Crippen LogP contribution in [0, 0.1) is 0 Å². The third kappa shape index (κ3) is 3.26. The smallest absolute Gasteiger partial charge is 0.223 e. The normalized spacial score (nSPS) is 21.8.